The lowest BCUT2D eigenvalue weighted by Crippen LogP contribution is -2.43. The van der Waals surface area contributed by atoms with Crippen LogP contribution in [0.5, 0.6) is 5.75 Å². The molecule has 5 nitrogen and oxygen atoms in total. The van der Waals surface area contributed by atoms with Crippen LogP contribution < -0.4 is 15.4 Å². The van der Waals surface area contributed by atoms with Crippen molar-refractivity contribution >= 4 is 35.3 Å². The zero-order valence-corrected chi connectivity index (χ0v) is 11.4. The van der Waals surface area contributed by atoms with Gasteiger partial charge in [-0.25, -0.2) is 4.79 Å². The van der Waals surface area contributed by atoms with E-state index in [0.29, 0.717) is 28.4 Å². The summed E-state index contributed by atoms with van der Waals surface area (Å²) in [6.45, 7) is 3.83. The fourth-order valence-corrected chi connectivity index (χ4v) is 2.13. The Hall–Kier alpha value is -1.95. The standard InChI is InChI=1S/C13H14N2O3S/c1-7(2)11-13(17)18-10-4-3-8(14-6-16)5-9(10)12(19)15-11/h3-7,11H,1-2H3,(H,14,16)(H,15,19)/t11-/m0/s1. The maximum atomic E-state index is 12.0. The molecule has 0 aliphatic carbocycles. The third-order valence-electron chi connectivity index (χ3n) is 2.87. The zero-order chi connectivity index (χ0) is 14.0. The molecule has 1 heterocycles. The lowest BCUT2D eigenvalue weighted by Gasteiger charge is -2.17. The fraction of sp³-hybridized carbons (Fsp3) is 0.308. The van der Waals surface area contributed by atoms with Gasteiger partial charge in [0, 0.05) is 5.69 Å². The van der Waals surface area contributed by atoms with E-state index in [1.807, 2.05) is 13.8 Å². The summed E-state index contributed by atoms with van der Waals surface area (Å²) in [7, 11) is 0. The van der Waals surface area contributed by atoms with Crippen LogP contribution in [-0.2, 0) is 9.59 Å². The Bertz CT molecular complexity index is 543. The number of thiocarbonyl (C=S) groups is 1. The first-order valence-electron chi connectivity index (χ1n) is 5.89. The predicted molar refractivity (Wildman–Crippen MR) is 75.2 cm³/mol. The molecule has 1 atom stereocenters. The number of ether oxygens (including phenoxy) is 1. The van der Waals surface area contributed by atoms with Crippen molar-refractivity contribution in [3.8, 4) is 5.75 Å². The Balaban J connectivity index is 2.39. The maximum Gasteiger partial charge on any atom is 0.334 e. The molecular weight excluding hydrogens is 264 g/mol. The van der Waals surface area contributed by atoms with E-state index in [2.05, 4.69) is 10.6 Å². The van der Waals surface area contributed by atoms with Gasteiger partial charge in [-0.15, -0.1) is 0 Å². The number of fused-ring (bicyclic) bond motifs is 1. The zero-order valence-electron chi connectivity index (χ0n) is 10.6. The minimum absolute atomic E-state index is 0.0623. The summed E-state index contributed by atoms with van der Waals surface area (Å²) < 4.78 is 5.33. The second-order valence-corrected chi connectivity index (χ2v) is 5.00. The summed E-state index contributed by atoms with van der Waals surface area (Å²) in [5, 5.41) is 5.53. The van der Waals surface area contributed by atoms with Gasteiger partial charge in [0.05, 0.1) is 5.56 Å². The molecule has 6 heteroatoms. The van der Waals surface area contributed by atoms with E-state index in [0.717, 1.165) is 0 Å². The van der Waals surface area contributed by atoms with Crippen molar-refractivity contribution in [1.29, 1.82) is 0 Å². The van der Waals surface area contributed by atoms with E-state index in [-0.39, 0.29) is 11.9 Å². The van der Waals surface area contributed by atoms with E-state index < -0.39 is 6.04 Å². The second-order valence-electron chi connectivity index (χ2n) is 4.59. The van der Waals surface area contributed by atoms with Crippen molar-refractivity contribution in [1.82, 2.24) is 5.32 Å². The summed E-state index contributed by atoms with van der Waals surface area (Å²) in [6, 6.07) is 4.48. The van der Waals surface area contributed by atoms with Crippen molar-refractivity contribution in [3.05, 3.63) is 23.8 Å². The fourth-order valence-electron chi connectivity index (χ4n) is 1.84. The largest absolute Gasteiger partial charge is 0.424 e. The van der Waals surface area contributed by atoms with Gasteiger partial charge in [-0.1, -0.05) is 26.1 Å². The molecule has 0 unspecified atom stereocenters. The summed E-state index contributed by atoms with van der Waals surface area (Å²) in [5.41, 5.74) is 1.19. The molecule has 0 bridgehead atoms. The number of carbonyl (C=O) groups is 2. The van der Waals surface area contributed by atoms with Gasteiger partial charge in [-0.05, 0) is 24.1 Å². The van der Waals surface area contributed by atoms with Crippen LogP contribution in [0, 0.1) is 5.92 Å². The van der Waals surface area contributed by atoms with Crippen LogP contribution in [0.25, 0.3) is 0 Å². The predicted octanol–water partition coefficient (Wildman–Crippen LogP) is 1.46. The molecule has 1 aromatic rings. The number of rotatable bonds is 3. The minimum atomic E-state index is -0.470. The quantitative estimate of drug-likeness (QED) is 0.379. The van der Waals surface area contributed by atoms with Crippen LogP contribution in [0.3, 0.4) is 0 Å². The summed E-state index contributed by atoms with van der Waals surface area (Å²) in [5.74, 6) is 0.113. The summed E-state index contributed by atoms with van der Waals surface area (Å²) in [4.78, 5) is 22.8. The van der Waals surface area contributed by atoms with Crippen LogP contribution in [0.4, 0.5) is 5.69 Å². The van der Waals surface area contributed by atoms with Crippen molar-refractivity contribution in [2.75, 3.05) is 5.32 Å². The third-order valence-corrected chi connectivity index (χ3v) is 3.21. The van der Waals surface area contributed by atoms with Gasteiger partial charge in [-0.2, -0.15) is 0 Å². The smallest absolute Gasteiger partial charge is 0.334 e. The average Bonchev–Trinajstić information content (AvgIpc) is 2.48. The topological polar surface area (TPSA) is 67.4 Å². The second kappa shape index (κ2) is 5.36. The molecule has 1 amide bonds. The van der Waals surface area contributed by atoms with E-state index in [1.165, 1.54) is 0 Å². The SMILES string of the molecule is CC(C)[C@@H]1NC(=S)c2cc(NC=O)ccc2OC1=O. The number of benzene rings is 1. The maximum absolute atomic E-state index is 12.0. The molecule has 1 aliphatic heterocycles. The highest BCUT2D eigenvalue weighted by atomic mass is 32.1. The van der Waals surface area contributed by atoms with E-state index in [4.69, 9.17) is 17.0 Å². The van der Waals surface area contributed by atoms with Gasteiger partial charge in [0.1, 0.15) is 16.8 Å². The molecule has 100 valence electrons. The Morgan fingerprint density at radius 3 is 2.84 bits per heavy atom. The van der Waals surface area contributed by atoms with Gasteiger partial charge in [0.2, 0.25) is 6.41 Å². The van der Waals surface area contributed by atoms with Crippen LogP contribution in [-0.4, -0.2) is 23.4 Å². The molecule has 1 aromatic carbocycles. The van der Waals surface area contributed by atoms with Gasteiger partial charge in [-0.3, -0.25) is 4.79 Å². The van der Waals surface area contributed by atoms with Crippen molar-refractivity contribution < 1.29 is 14.3 Å². The van der Waals surface area contributed by atoms with Crippen molar-refractivity contribution in [2.24, 2.45) is 5.92 Å². The first-order chi connectivity index (χ1) is 9.02. The monoisotopic (exact) mass is 278 g/mol. The Morgan fingerprint density at radius 2 is 2.21 bits per heavy atom. The number of nitrogens with one attached hydrogen (secondary N) is 2. The number of anilines is 1. The summed E-state index contributed by atoms with van der Waals surface area (Å²) >= 11 is 5.28. The lowest BCUT2D eigenvalue weighted by molar-refractivity contribution is -0.137. The molecular formula is C13H14N2O3S. The van der Waals surface area contributed by atoms with Gasteiger partial charge < -0.3 is 15.4 Å². The number of esters is 1. The molecule has 0 saturated heterocycles. The average molecular weight is 278 g/mol. The molecule has 2 rings (SSSR count). The number of carbonyl (C=O) groups excluding carboxylic acids is 2. The van der Waals surface area contributed by atoms with Gasteiger partial charge >= 0.3 is 5.97 Å². The Kier molecular flexibility index (Phi) is 3.80. The lowest BCUT2D eigenvalue weighted by atomic mass is 10.0. The van der Waals surface area contributed by atoms with Crippen molar-refractivity contribution in [2.45, 2.75) is 19.9 Å². The van der Waals surface area contributed by atoms with Crippen LogP contribution >= 0.6 is 12.2 Å². The first kappa shape index (κ1) is 13.5. The first-order valence-corrected chi connectivity index (χ1v) is 6.30. The summed E-state index contributed by atoms with van der Waals surface area (Å²) in [6.07, 6.45) is 0.581. The number of amides is 1. The van der Waals surface area contributed by atoms with Crippen molar-refractivity contribution in [3.63, 3.8) is 0 Å². The molecule has 0 saturated carbocycles. The van der Waals surface area contributed by atoms with Crippen LogP contribution in [0.2, 0.25) is 0 Å². The van der Waals surface area contributed by atoms with Gasteiger partial charge in [0.15, 0.2) is 0 Å². The molecule has 0 aromatic heterocycles. The molecule has 2 N–H and O–H groups in total. The van der Waals surface area contributed by atoms with Gasteiger partial charge in [0.25, 0.3) is 0 Å². The minimum Gasteiger partial charge on any atom is -0.424 e. The number of hydrogen-bond donors (Lipinski definition) is 2. The molecule has 19 heavy (non-hydrogen) atoms. The Labute approximate surface area is 116 Å². The van der Waals surface area contributed by atoms with Crippen LogP contribution in [0.15, 0.2) is 18.2 Å². The highest BCUT2D eigenvalue weighted by molar-refractivity contribution is 7.80. The molecule has 1 aliphatic rings. The highest BCUT2D eigenvalue weighted by Crippen LogP contribution is 2.26. The normalized spacial score (nSPS) is 18.2. The molecule has 0 radical (unpaired) electrons. The Morgan fingerprint density at radius 1 is 1.47 bits per heavy atom. The van der Waals surface area contributed by atoms with E-state index in [9.17, 15) is 9.59 Å². The molecule has 0 fully saturated rings. The number of hydrogen-bond acceptors (Lipinski definition) is 4. The molecule has 0 spiro atoms. The van der Waals surface area contributed by atoms with E-state index in [1.54, 1.807) is 18.2 Å². The third kappa shape index (κ3) is 2.73. The van der Waals surface area contributed by atoms with Crippen LogP contribution in [0.1, 0.15) is 19.4 Å². The van der Waals surface area contributed by atoms with E-state index >= 15 is 0 Å². The highest BCUT2D eigenvalue weighted by Gasteiger charge is 2.30.